The first kappa shape index (κ1) is 20.1. The summed E-state index contributed by atoms with van der Waals surface area (Å²) in [7, 11) is -3.19. The van der Waals surface area contributed by atoms with Crippen LogP contribution in [0.15, 0.2) is 73.1 Å². The molecule has 2 aromatic carbocycles. The highest BCUT2D eigenvalue weighted by atomic mass is 32.2. The fourth-order valence-corrected chi connectivity index (χ4v) is 4.88. The van der Waals surface area contributed by atoms with Gasteiger partial charge in [0.1, 0.15) is 0 Å². The van der Waals surface area contributed by atoms with Crippen LogP contribution in [0.5, 0.6) is 0 Å². The molecule has 2 aromatic heterocycles. The highest BCUT2D eigenvalue weighted by molar-refractivity contribution is 7.94. The number of aromatic nitrogens is 2. The number of benzene rings is 2. The van der Waals surface area contributed by atoms with Crippen LogP contribution in [0, 0.1) is 6.92 Å². The minimum Gasteiger partial charge on any atom is -0.322 e. The number of nitrogens with one attached hydrogen (secondary N) is 1. The largest absolute Gasteiger partial charge is 0.322 e. The van der Waals surface area contributed by atoms with Crippen LogP contribution in [0.2, 0.25) is 0 Å². The topological polar surface area (TPSA) is 92.3 Å². The number of fused-ring (bicyclic) bond motifs is 1. The smallest absolute Gasteiger partial charge is 0.255 e. The number of rotatable bonds is 4. The number of nitrogens with zero attached hydrogens (tertiary/aromatic N) is 3. The molecule has 1 aliphatic rings. The van der Waals surface area contributed by atoms with Crippen LogP contribution < -0.4 is 9.62 Å². The van der Waals surface area contributed by atoms with E-state index in [1.54, 1.807) is 36.7 Å². The van der Waals surface area contributed by atoms with E-state index in [2.05, 4.69) is 15.3 Å². The Hall–Kier alpha value is -3.78. The normalized spacial score (nSPS) is 14.7. The molecule has 1 N–H and O–H groups in total. The van der Waals surface area contributed by atoms with Gasteiger partial charge in [0.05, 0.1) is 22.7 Å². The third kappa shape index (κ3) is 3.58. The summed E-state index contributed by atoms with van der Waals surface area (Å²) in [6.45, 7) is 2.47. The fraction of sp³-hybridized carbons (Fsp3) is 0.125. The first-order valence-corrected chi connectivity index (χ1v) is 11.8. The molecule has 5 rings (SSSR count). The maximum atomic E-state index is 12.8. The molecule has 0 bridgehead atoms. The predicted molar refractivity (Wildman–Crippen MR) is 125 cm³/mol. The first-order chi connectivity index (χ1) is 15.4. The number of carbonyl (C=O) groups excluding carboxylic acids is 1. The van der Waals surface area contributed by atoms with Crippen LogP contribution in [-0.4, -0.2) is 36.6 Å². The van der Waals surface area contributed by atoms with E-state index in [1.807, 2.05) is 43.3 Å². The average molecular weight is 445 g/mol. The van der Waals surface area contributed by atoms with Gasteiger partial charge in [-0.15, -0.1) is 0 Å². The molecule has 0 saturated carbocycles. The molecule has 1 fully saturated rings. The molecule has 3 heterocycles. The van der Waals surface area contributed by atoms with E-state index in [1.165, 1.54) is 4.31 Å². The summed E-state index contributed by atoms with van der Waals surface area (Å²) in [6.07, 6.45) is 3.48. The number of aryl methyl sites for hydroxylation is 1. The molecule has 0 radical (unpaired) electrons. The van der Waals surface area contributed by atoms with Gasteiger partial charge < -0.3 is 5.32 Å². The summed E-state index contributed by atoms with van der Waals surface area (Å²) in [4.78, 5) is 21.7. The highest BCUT2D eigenvalue weighted by Gasteiger charge is 2.32. The number of hydrogen-bond acceptors (Lipinski definition) is 5. The van der Waals surface area contributed by atoms with E-state index in [-0.39, 0.29) is 11.7 Å². The monoisotopic (exact) mass is 444 g/mol. The summed E-state index contributed by atoms with van der Waals surface area (Å²) >= 11 is 0. The lowest BCUT2D eigenvalue weighted by Gasteiger charge is -2.32. The number of hydrogen-bond donors (Lipinski definition) is 1. The lowest BCUT2D eigenvalue weighted by molar-refractivity contribution is 0.102. The molecule has 0 unspecified atom stereocenters. The lowest BCUT2D eigenvalue weighted by Crippen LogP contribution is -2.47. The van der Waals surface area contributed by atoms with Crippen molar-refractivity contribution < 1.29 is 13.2 Å². The van der Waals surface area contributed by atoms with Gasteiger partial charge in [0.25, 0.3) is 5.91 Å². The number of pyridine rings is 2. The SMILES string of the molecule is Cc1ccc(NC(=O)c2ccc(N3CCS3(=O)=O)cc2)cc1-c1nccc2ncccc12. The third-order valence-electron chi connectivity index (χ3n) is 5.59. The van der Waals surface area contributed by atoms with Crippen molar-refractivity contribution in [3.63, 3.8) is 0 Å². The highest BCUT2D eigenvalue weighted by Crippen LogP contribution is 2.30. The maximum Gasteiger partial charge on any atom is 0.255 e. The van der Waals surface area contributed by atoms with Gasteiger partial charge in [-0.25, -0.2) is 8.42 Å². The van der Waals surface area contributed by atoms with Crippen molar-refractivity contribution >= 4 is 38.2 Å². The minimum atomic E-state index is -3.19. The Bertz CT molecular complexity index is 1440. The molecular weight excluding hydrogens is 424 g/mol. The van der Waals surface area contributed by atoms with Crippen LogP contribution in [0.1, 0.15) is 15.9 Å². The zero-order valence-corrected chi connectivity index (χ0v) is 18.1. The van der Waals surface area contributed by atoms with Gasteiger partial charge in [-0.2, -0.15) is 0 Å². The molecule has 1 saturated heterocycles. The van der Waals surface area contributed by atoms with Crippen LogP contribution in [0.3, 0.4) is 0 Å². The zero-order valence-electron chi connectivity index (χ0n) is 17.3. The van der Waals surface area contributed by atoms with Crippen molar-refractivity contribution in [2.75, 3.05) is 21.9 Å². The van der Waals surface area contributed by atoms with Crippen molar-refractivity contribution in [2.24, 2.45) is 0 Å². The van der Waals surface area contributed by atoms with E-state index in [9.17, 15) is 13.2 Å². The Morgan fingerprint density at radius 1 is 1.00 bits per heavy atom. The summed E-state index contributed by atoms with van der Waals surface area (Å²) in [5.74, 6) is -0.113. The molecule has 4 aromatic rings. The van der Waals surface area contributed by atoms with Crippen molar-refractivity contribution in [2.45, 2.75) is 6.92 Å². The Labute approximate surface area is 185 Å². The second-order valence-electron chi connectivity index (χ2n) is 7.65. The molecule has 1 amide bonds. The van der Waals surface area contributed by atoms with Gasteiger partial charge in [-0.05, 0) is 67.1 Å². The van der Waals surface area contributed by atoms with Crippen molar-refractivity contribution in [1.82, 2.24) is 9.97 Å². The summed E-state index contributed by atoms with van der Waals surface area (Å²) in [6, 6.07) is 18.0. The van der Waals surface area contributed by atoms with Crippen molar-refractivity contribution in [3.8, 4) is 11.3 Å². The number of sulfonamides is 1. The standard InChI is InChI=1S/C24H20N4O3S/c1-16-4-7-18(15-21(16)23-20-3-2-11-25-22(20)10-12-26-23)27-24(29)17-5-8-19(9-6-17)28-13-14-32(28,30)31/h2-12,15H,13-14H2,1H3,(H,27,29). The van der Waals surface area contributed by atoms with Gasteiger partial charge in [0.15, 0.2) is 0 Å². The van der Waals surface area contributed by atoms with Crippen LogP contribution in [-0.2, 0) is 10.0 Å². The summed E-state index contributed by atoms with van der Waals surface area (Å²) < 4.78 is 24.9. The van der Waals surface area contributed by atoms with E-state index >= 15 is 0 Å². The molecule has 32 heavy (non-hydrogen) atoms. The maximum absolute atomic E-state index is 12.8. The molecule has 7 nitrogen and oxygen atoms in total. The van der Waals surface area contributed by atoms with E-state index in [0.717, 1.165) is 27.7 Å². The Kier molecular flexibility index (Phi) is 4.86. The molecule has 0 spiro atoms. The van der Waals surface area contributed by atoms with E-state index < -0.39 is 10.0 Å². The van der Waals surface area contributed by atoms with E-state index in [0.29, 0.717) is 23.5 Å². The molecule has 0 atom stereocenters. The van der Waals surface area contributed by atoms with Crippen LogP contribution in [0.4, 0.5) is 11.4 Å². The van der Waals surface area contributed by atoms with Gasteiger partial charge in [-0.1, -0.05) is 6.07 Å². The average Bonchev–Trinajstić information content (AvgIpc) is 2.80. The second kappa shape index (κ2) is 7.72. The summed E-state index contributed by atoms with van der Waals surface area (Å²) in [5.41, 5.74) is 5.28. The number of anilines is 2. The zero-order chi connectivity index (χ0) is 22.3. The fourth-order valence-electron chi connectivity index (χ4n) is 3.78. The Morgan fingerprint density at radius 2 is 1.81 bits per heavy atom. The van der Waals surface area contributed by atoms with Gasteiger partial charge >= 0.3 is 0 Å². The van der Waals surface area contributed by atoms with Gasteiger partial charge in [-0.3, -0.25) is 19.1 Å². The first-order valence-electron chi connectivity index (χ1n) is 10.1. The summed E-state index contributed by atoms with van der Waals surface area (Å²) in [5, 5.41) is 3.87. The minimum absolute atomic E-state index is 0.159. The Morgan fingerprint density at radius 3 is 2.53 bits per heavy atom. The molecule has 1 aliphatic heterocycles. The molecular formula is C24H20N4O3S. The van der Waals surface area contributed by atoms with Crippen molar-refractivity contribution in [3.05, 3.63) is 84.2 Å². The van der Waals surface area contributed by atoms with Gasteiger partial charge in [0.2, 0.25) is 10.0 Å². The quantitative estimate of drug-likeness (QED) is 0.514. The molecule has 8 heteroatoms. The van der Waals surface area contributed by atoms with Crippen LogP contribution >= 0.6 is 0 Å². The van der Waals surface area contributed by atoms with Crippen LogP contribution in [0.25, 0.3) is 22.2 Å². The number of carbonyl (C=O) groups is 1. The predicted octanol–water partition coefficient (Wildman–Crippen LogP) is 4.01. The van der Waals surface area contributed by atoms with Gasteiger partial charge in [0, 0.05) is 41.1 Å². The van der Waals surface area contributed by atoms with E-state index in [4.69, 9.17) is 0 Å². The number of amides is 1. The third-order valence-corrected chi connectivity index (χ3v) is 7.35. The Balaban J connectivity index is 1.41. The second-order valence-corrected chi connectivity index (χ2v) is 9.66. The molecule has 0 aliphatic carbocycles. The lowest BCUT2D eigenvalue weighted by atomic mass is 10.0. The molecule has 160 valence electrons. The van der Waals surface area contributed by atoms with Crippen molar-refractivity contribution in [1.29, 1.82) is 0 Å².